The van der Waals surface area contributed by atoms with Crippen molar-refractivity contribution in [1.29, 1.82) is 0 Å². The summed E-state index contributed by atoms with van der Waals surface area (Å²) in [6.45, 7) is 3.57. The van der Waals surface area contributed by atoms with Gasteiger partial charge in [-0.2, -0.15) is 13.2 Å². The van der Waals surface area contributed by atoms with Crippen LogP contribution >= 0.6 is 0 Å². The van der Waals surface area contributed by atoms with Gasteiger partial charge in [0.25, 0.3) is 0 Å². The molecule has 0 saturated heterocycles. The Hall–Kier alpha value is -0.780. The van der Waals surface area contributed by atoms with Crippen LogP contribution in [-0.2, 0) is 9.53 Å². The Labute approximate surface area is 99.0 Å². The second-order valence-electron chi connectivity index (χ2n) is 4.04. The summed E-state index contributed by atoms with van der Waals surface area (Å²) in [7, 11) is 0. The lowest BCUT2D eigenvalue weighted by Crippen LogP contribution is -2.39. The van der Waals surface area contributed by atoms with Crippen molar-refractivity contribution >= 4 is 5.97 Å². The summed E-state index contributed by atoms with van der Waals surface area (Å²) < 4.78 is 40.4. The van der Waals surface area contributed by atoms with Gasteiger partial charge in [-0.1, -0.05) is 26.2 Å². The summed E-state index contributed by atoms with van der Waals surface area (Å²) in [5, 5.41) is 8.61. The van der Waals surface area contributed by atoms with Crippen molar-refractivity contribution in [1.82, 2.24) is 0 Å². The number of unbranched alkanes of at least 4 members (excludes halogenated alkanes) is 3. The van der Waals surface area contributed by atoms with Crippen molar-refractivity contribution in [2.45, 2.75) is 64.3 Å². The molecule has 0 radical (unpaired) electrons. The molecule has 2 atom stereocenters. The van der Waals surface area contributed by atoms with Gasteiger partial charge >= 0.3 is 12.1 Å². The van der Waals surface area contributed by atoms with E-state index in [0.29, 0.717) is 6.42 Å². The molecule has 17 heavy (non-hydrogen) atoms. The first-order valence-corrected chi connectivity index (χ1v) is 5.74. The largest absolute Gasteiger partial charge is 0.461 e. The highest BCUT2D eigenvalue weighted by molar-refractivity contribution is 5.75. The van der Waals surface area contributed by atoms with E-state index >= 15 is 0 Å². The number of hydrogen-bond acceptors (Lipinski definition) is 3. The molecule has 0 saturated carbocycles. The number of esters is 1. The van der Waals surface area contributed by atoms with Gasteiger partial charge in [0.05, 0.1) is 6.10 Å². The van der Waals surface area contributed by atoms with Gasteiger partial charge in [0, 0.05) is 0 Å². The van der Waals surface area contributed by atoms with Crippen LogP contribution in [0.4, 0.5) is 13.2 Å². The van der Waals surface area contributed by atoms with Crippen LogP contribution in [0.5, 0.6) is 0 Å². The number of ether oxygens (including phenoxy) is 1. The predicted molar refractivity (Wildman–Crippen MR) is 56.4 cm³/mol. The summed E-state index contributed by atoms with van der Waals surface area (Å²) in [5.74, 6) is -1.62. The molecular weight excluding hydrogens is 237 g/mol. The van der Waals surface area contributed by atoms with Gasteiger partial charge in [-0.05, 0) is 19.8 Å². The molecule has 0 fully saturated rings. The van der Waals surface area contributed by atoms with E-state index in [0.717, 1.165) is 25.7 Å². The van der Waals surface area contributed by atoms with E-state index in [1.54, 1.807) is 0 Å². The van der Waals surface area contributed by atoms with Crippen LogP contribution < -0.4 is 0 Å². The molecular formula is C11H19F3O3. The molecule has 0 amide bonds. The van der Waals surface area contributed by atoms with Gasteiger partial charge in [0.2, 0.25) is 6.10 Å². The first-order chi connectivity index (χ1) is 7.79. The molecule has 0 aliphatic carbocycles. The number of alkyl halides is 3. The third-order valence-corrected chi connectivity index (χ3v) is 2.31. The average Bonchev–Trinajstić information content (AvgIpc) is 2.22. The monoisotopic (exact) mass is 256 g/mol. The molecule has 0 aliphatic rings. The van der Waals surface area contributed by atoms with Crippen molar-refractivity contribution in [2.75, 3.05) is 0 Å². The van der Waals surface area contributed by atoms with Crippen LogP contribution in [0.15, 0.2) is 0 Å². The van der Waals surface area contributed by atoms with E-state index in [-0.39, 0.29) is 0 Å². The van der Waals surface area contributed by atoms with Crippen LogP contribution in [0, 0.1) is 0 Å². The van der Waals surface area contributed by atoms with Gasteiger partial charge < -0.3 is 9.84 Å². The predicted octanol–water partition coefficient (Wildman–Crippen LogP) is 2.81. The first kappa shape index (κ1) is 16.2. The fourth-order valence-electron chi connectivity index (χ4n) is 1.31. The molecule has 0 rings (SSSR count). The number of aliphatic hydroxyl groups is 1. The lowest BCUT2D eigenvalue weighted by Gasteiger charge is -2.17. The molecule has 0 aromatic heterocycles. The Morgan fingerprint density at radius 1 is 1.29 bits per heavy atom. The SMILES string of the molecule is CCCCCCC(C)OC(=O)[C@H](O)C(F)(F)F. The minimum Gasteiger partial charge on any atom is -0.461 e. The molecule has 0 aromatic rings. The van der Waals surface area contributed by atoms with Crippen LogP contribution in [-0.4, -0.2) is 29.5 Å². The minimum absolute atomic E-state index is 0.510. The molecule has 0 spiro atoms. The average molecular weight is 256 g/mol. The van der Waals surface area contributed by atoms with Gasteiger partial charge in [0.15, 0.2) is 0 Å². The Bertz CT molecular complexity index is 228. The zero-order valence-electron chi connectivity index (χ0n) is 10.1. The highest BCUT2D eigenvalue weighted by Crippen LogP contribution is 2.21. The second kappa shape index (κ2) is 7.53. The molecule has 6 heteroatoms. The van der Waals surface area contributed by atoms with Crippen molar-refractivity contribution < 1.29 is 27.8 Å². The maximum absolute atomic E-state index is 12.0. The molecule has 3 nitrogen and oxygen atoms in total. The maximum Gasteiger partial charge on any atom is 0.425 e. The fraction of sp³-hybridized carbons (Fsp3) is 0.909. The molecule has 0 heterocycles. The third-order valence-electron chi connectivity index (χ3n) is 2.31. The lowest BCUT2D eigenvalue weighted by molar-refractivity contribution is -0.220. The number of carbonyl (C=O) groups is 1. The normalized spacial score (nSPS) is 15.4. The van der Waals surface area contributed by atoms with Crippen molar-refractivity contribution in [2.24, 2.45) is 0 Å². The highest BCUT2D eigenvalue weighted by Gasteiger charge is 2.45. The fourth-order valence-corrected chi connectivity index (χ4v) is 1.31. The molecule has 1 unspecified atom stereocenters. The van der Waals surface area contributed by atoms with E-state index < -0.39 is 24.4 Å². The van der Waals surface area contributed by atoms with Gasteiger partial charge in [-0.25, -0.2) is 4.79 Å². The summed E-state index contributed by atoms with van der Waals surface area (Å²) >= 11 is 0. The Morgan fingerprint density at radius 2 is 1.88 bits per heavy atom. The zero-order valence-corrected chi connectivity index (χ0v) is 10.1. The maximum atomic E-state index is 12.0. The zero-order chi connectivity index (χ0) is 13.5. The van der Waals surface area contributed by atoms with Gasteiger partial charge in [0.1, 0.15) is 0 Å². The Kier molecular flexibility index (Phi) is 7.18. The van der Waals surface area contributed by atoms with Crippen LogP contribution in [0.3, 0.4) is 0 Å². The van der Waals surface area contributed by atoms with E-state index in [1.807, 2.05) is 6.92 Å². The summed E-state index contributed by atoms with van der Waals surface area (Å²) in [6.07, 6.45) is -4.23. The number of carbonyl (C=O) groups excluding carboxylic acids is 1. The van der Waals surface area contributed by atoms with Crippen molar-refractivity contribution in [3.63, 3.8) is 0 Å². The van der Waals surface area contributed by atoms with Crippen LogP contribution in [0.25, 0.3) is 0 Å². The molecule has 1 N–H and O–H groups in total. The first-order valence-electron chi connectivity index (χ1n) is 5.74. The van der Waals surface area contributed by atoms with Crippen molar-refractivity contribution in [3.05, 3.63) is 0 Å². The molecule has 0 bridgehead atoms. The standard InChI is InChI=1S/C11H19F3O3/c1-3-4-5-6-7-8(2)17-10(16)9(15)11(12,13)14/h8-9,15H,3-7H2,1-2H3/t8?,9-/m0/s1. The van der Waals surface area contributed by atoms with E-state index in [2.05, 4.69) is 4.74 Å². The van der Waals surface area contributed by atoms with E-state index in [9.17, 15) is 18.0 Å². The van der Waals surface area contributed by atoms with Crippen molar-refractivity contribution in [3.8, 4) is 0 Å². The Balaban J connectivity index is 3.88. The van der Waals surface area contributed by atoms with Crippen LogP contribution in [0.1, 0.15) is 46.0 Å². The van der Waals surface area contributed by atoms with Crippen LogP contribution in [0.2, 0.25) is 0 Å². The highest BCUT2D eigenvalue weighted by atomic mass is 19.4. The number of halogens is 3. The number of hydrogen-bond donors (Lipinski definition) is 1. The van der Waals surface area contributed by atoms with Gasteiger partial charge in [-0.15, -0.1) is 0 Å². The van der Waals surface area contributed by atoms with E-state index in [1.165, 1.54) is 6.92 Å². The smallest absolute Gasteiger partial charge is 0.425 e. The van der Waals surface area contributed by atoms with Gasteiger partial charge in [-0.3, -0.25) is 0 Å². The molecule has 102 valence electrons. The Morgan fingerprint density at radius 3 is 2.35 bits per heavy atom. The third kappa shape index (κ3) is 7.20. The molecule has 0 aromatic carbocycles. The number of rotatable bonds is 7. The summed E-state index contributed by atoms with van der Waals surface area (Å²) in [4.78, 5) is 10.9. The second-order valence-corrected chi connectivity index (χ2v) is 4.04. The summed E-state index contributed by atoms with van der Waals surface area (Å²) in [5.41, 5.74) is 0. The lowest BCUT2D eigenvalue weighted by atomic mass is 10.1. The molecule has 0 aliphatic heterocycles. The van der Waals surface area contributed by atoms with E-state index in [4.69, 9.17) is 5.11 Å². The topological polar surface area (TPSA) is 46.5 Å². The minimum atomic E-state index is -4.96. The quantitative estimate of drug-likeness (QED) is 0.562. The number of aliphatic hydroxyl groups excluding tert-OH is 1. The summed E-state index contributed by atoms with van der Waals surface area (Å²) in [6, 6.07) is 0.